The Bertz CT molecular complexity index is 870. The minimum absolute atomic E-state index is 0.0149. The van der Waals surface area contributed by atoms with Crippen molar-refractivity contribution in [2.45, 2.75) is 37.0 Å². The number of hydrogen-bond donors (Lipinski definition) is 0. The van der Waals surface area contributed by atoms with Crippen molar-refractivity contribution < 1.29 is 9.59 Å². The molecular formula is C23H27N3O2. The van der Waals surface area contributed by atoms with Gasteiger partial charge in [-0.15, -0.1) is 0 Å². The number of hydrogen-bond acceptors (Lipinski definition) is 3. The Labute approximate surface area is 166 Å². The lowest BCUT2D eigenvalue weighted by atomic mass is 9.73. The van der Waals surface area contributed by atoms with Crippen LogP contribution in [0.1, 0.15) is 53.2 Å². The van der Waals surface area contributed by atoms with Gasteiger partial charge in [0, 0.05) is 39.8 Å². The lowest BCUT2D eigenvalue weighted by molar-refractivity contribution is -0.129. The molecule has 146 valence electrons. The number of carbonyl (C=O) groups excluding carboxylic acids is 2. The van der Waals surface area contributed by atoms with Crippen LogP contribution >= 0.6 is 0 Å². The molecule has 4 rings (SSSR count). The lowest BCUT2D eigenvalue weighted by Gasteiger charge is -2.40. The molecule has 0 saturated carbocycles. The summed E-state index contributed by atoms with van der Waals surface area (Å²) in [7, 11) is 3.64. The molecule has 2 amide bonds. The van der Waals surface area contributed by atoms with E-state index in [2.05, 4.69) is 29.2 Å². The molecule has 1 aliphatic heterocycles. The largest absolute Gasteiger partial charge is 0.349 e. The molecule has 1 aromatic heterocycles. The SMILES string of the molecule is CN(C)C(=O)C[C@@H]1CC2(CCN(C(=O)c3ccccn3)CC2)c2ccccc21. The lowest BCUT2D eigenvalue weighted by Crippen LogP contribution is -2.44. The van der Waals surface area contributed by atoms with Crippen LogP contribution in [0, 0.1) is 0 Å². The molecule has 0 unspecified atom stereocenters. The van der Waals surface area contributed by atoms with Crippen LogP contribution in [0.2, 0.25) is 0 Å². The summed E-state index contributed by atoms with van der Waals surface area (Å²) < 4.78 is 0. The first-order valence-corrected chi connectivity index (χ1v) is 10.00. The predicted octanol–water partition coefficient (Wildman–Crippen LogP) is 3.22. The average molecular weight is 377 g/mol. The first-order valence-electron chi connectivity index (χ1n) is 10.00. The standard InChI is InChI=1S/C23H27N3O2/c1-25(2)21(27)15-17-16-23(19-8-4-3-7-18(17)19)10-13-26(14-11-23)22(28)20-9-5-6-12-24-20/h3-9,12,17H,10-11,13-16H2,1-2H3/t17-/m1/s1. The van der Waals surface area contributed by atoms with Gasteiger partial charge >= 0.3 is 0 Å². The Morgan fingerprint density at radius 2 is 1.82 bits per heavy atom. The maximum Gasteiger partial charge on any atom is 0.272 e. The fourth-order valence-electron chi connectivity index (χ4n) is 4.87. The fraction of sp³-hybridized carbons (Fsp3) is 0.435. The maximum atomic E-state index is 12.7. The van der Waals surface area contributed by atoms with Gasteiger partial charge in [-0.25, -0.2) is 0 Å². The first-order chi connectivity index (χ1) is 13.5. The van der Waals surface area contributed by atoms with E-state index in [9.17, 15) is 9.59 Å². The number of rotatable bonds is 3. The van der Waals surface area contributed by atoms with Crippen molar-refractivity contribution >= 4 is 11.8 Å². The zero-order chi connectivity index (χ0) is 19.7. The number of aromatic nitrogens is 1. The summed E-state index contributed by atoms with van der Waals surface area (Å²) in [6.07, 6.45) is 5.10. The van der Waals surface area contributed by atoms with Gasteiger partial charge in [0.2, 0.25) is 5.91 Å². The fourth-order valence-corrected chi connectivity index (χ4v) is 4.87. The van der Waals surface area contributed by atoms with E-state index in [0.29, 0.717) is 12.1 Å². The number of piperidine rings is 1. The van der Waals surface area contributed by atoms with Crippen molar-refractivity contribution in [2.75, 3.05) is 27.2 Å². The maximum absolute atomic E-state index is 12.7. The normalized spacial score (nSPS) is 20.1. The van der Waals surface area contributed by atoms with Gasteiger partial charge in [0.25, 0.3) is 5.91 Å². The van der Waals surface area contributed by atoms with Crippen LogP contribution in [0.5, 0.6) is 0 Å². The zero-order valence-corrected chi connectivity index (χ0v) is 16.6. The molecule has 28 heavy (non-hydrogen) atoms. The van der Waals surface area contributed by atoms with Crippen molar-refractivity contribution in [2.24, 2.45) is 0 Å². The van der Waals surface area contributed by atoms with E-state index < -0.39 is 0 Å². The topological polar surface area (TPSA) is 53.5 Å². The Morgan fingerprint density at radius 1 is 1.11 bits per heavy atom. The summed E-state index contributed by atoms with van der Waals surface area (Å²) in [5.41, 5.74) is 3.30. The van der Waals surface area contributed by atoms with E-state index in [1.807, 2.05) is 31.1 Å². The highest BCUT2D eigenvalue weighted by atomic mass is 16.2. The summed E-state index contributed by atoms with van der Waals surface area (Å²) in [6, 6.07) is 14.0. The van der Waals surface area contributed by atoms with Gasteiger partial charge in [0.1, 0.15) is 5.69 Å². The highest BCUT2D eigenvalue weighted by Gasteiger charge is 2.46. The minimum Gasteiger partial charge on any atom is -0.349 e. The van der Waals surface area contributed by atoms with Crippen LogP contribution in [0.4, 0.5) is 0 Å². The van der Waals surface area contributed by atoms with E-state index in [1.165, 1.54) is 11.1 Å². The van der Waals surface area contributed by atoms with Crippen LogP contribution in [0.15, 0.2) is 48.7 Å². The van der Waals surface area contributed by atoms with E-state index >= 15 is 0 Å². The van der Waals surface area contributed by atoms with Crippen molar-refractivity contribution in [3.05, 3.63) is 65.5 Å². The number of fused-ring (bicyclic) bond motifs is 2. The van der Waals surface area contributed by atoms with E-state index in [1.54, 1.807) is 17.2 Å². The third-order valence-electron chi connectivity index (χ3n) is 6.42. The number of amides is 2. The van der Waals surface area contributed by atoms with Gasteiger partial charge in [-0.05, 0) is 53.9 Å². The first kappa shape index (κ1) is 18.7. The zero-order valence-electron chi connectivity index (χ0n) is 16.6. The number of nitrogens with zero attached hydrogens (tertiary/aromatic N) is 3. The second-order valence-electron chi connectivity index (χ2n) is 8.27. The summed E-state index contributed by atoms with van der Waals surface area (Å²) in [5, 5.41) is 0. The van der Waals surface area contributed by atoms with Gasteiger partial charge in [-0.2, -0.15) is 0 Å². The summed E-state index contributed by atoms with van der Waals surface area (Å²) in [4.78, 5) is 32.9. The molecular weight excluding hydrogens is 350 g/mol. The molecule has 1 atom stereocenters. The third kappa shape index (κ3) is 3.30. The number of pyridine rings is 1. The molecule has 1 aliphatic carbocycles. The van der Waals surface area contributed by atoms with Gasteiger partial charge < -0.3 is 9.80 Å². The minimum atomic E-state index is 0.0149. The van der Waals surface area contributed by atoms with Gasteiger partial charge in [0.05, 0.1) is 0 Å². The Morgan fingerprint density at radius 3 is 2.50 bits per heavy atom. The van der Waals surface area contributed by atoms with Crippen LogP contribution in [-0.2, 0) is 10.2 Å². The van der Waals surface area contributed by atoms with E-state index in [-0.39, 0.29) is 23.1 Å². The van der Waals surface area contributed by atoms with Crippen molar-refractivity contribution in [3.63, 3.8) is 0 Å². The molecule has 1 fully saturated rings. The van der Waals surface area contributed by atoms with E-state index in [0.717, 1.165) is 32.4 Å². The Balaban J connectivity index is 1.52. The smallest absolute Gasteiger partial charge is 0.272 e. The van der Waals surface area contributed by atoms with Gasteiger partial charge in [-0.1, -0.05) is 30.3 Å². The molecule has 1 spiro atoms. The average Bonchev–Trinajstić information content (AvgIpc) is 3.02. The third-order valence-corrected chi connectivity index (χ3v) is 6.42. The van der Waals surface area contributed by atoms with Crippen molar-refractivity contribution in [1.82, 2.24) is 14.8 Å². The second kappa shape index (κ2) is 7.38. The number of likely N-dealkylation sites (tertiary alicyclic amines) is 1. The van der Waals surface area contributed by atoms with Crippen LogP contribution < -0.4 is 0 Å². The molecule has 2 aromatic rings. The molecule has 2 aliphatic rings. The monoisotopic (exact) mass is 377 g/mol. The summed E-state index contributed by atoms with van der Waals surface area (Å²) in [6.45, 7) is 1.47. The molecule has 1 aromatic carbocycles. The highest BCUT2D eigenvalue weighted by molar-refractivity contribution is 5.92. The molecule has 0 bridgehead atoms. The number of carbonyl (C=O) groups is 2. The van der Waals surface area contributed by atoms with Gasteiger partial charge in [0.15, 0.2) is 0 Å². The van der Waals surface area contributed by atoms with Crippen molar-refractivity contribution in [3.8, 4) is 0 Å². The van der Waals surface area contributed by atoms with E-state index in [4.69, 9.17) is 0 Å². The summed E-state index contributed by atoms with van der Waals surface area (Å²) >= 11 is 0. The highest BCUT2D eigenvalue weighted by Crippen LogP contribution is 2.52. The van der Waals surface area contributed by atoms with Crippen LogP contribution in [0.25, 0.3) is 0 Å². The molecule has 2 heterocycles. The Kier molecular flexibility index (Phi) is 4.92. The molecule has 5 nitrogen and oxygen atoms in total. The van der Waals surface area contributed by atoms with Gasteiger partial charge in [-0.3, -0.25) is 14.6 Å². The second-order valence-corrected chi connectivity index (χ2v) is 8.27. The quantitative estimate of drug-likeness (QED) is 0.825. The summed E-state index contributed by atoms with van der Waals surface area (Å²) in [5.74, 6) is 0.463. The number of benzene rings is 1. The van der Waals surface area contributed by atoms with Crippen LogP contribution in [0.3, 0.4) is 0 Å². The molecule has 5 heteroatoms. The molecule has 1 saturated heterocycles. The molecule has 0 N–H and O–H groups in total. The van der Waals surface area contributed by atoms with Crippen molar-refractivity contribution in [1.29, 1.82) is 0 Å². The van der Waals surface area contributed by atoms with Crippen LogP contribution in [-0.4, -0.2) is 53.8 Å². The molecule has 0 radical (unpaired) electrons. The predicted molar refractivity (Wildman–Crippen MR) is 108 cm³/mol. The Hall–Kier alpha value is -2.69.